The Labute approximate surface area is 202 Å². The van der Waals surface area contributed by atoms with E-state index in [0.717, 1.165) is 59.7 Å². The molecule has 0 unspecified atom stereocenters. The first kappa shape index (κ1) is 22.3. The highest BCUT2D eigenvalue weighted by atomic mass is 35.5. The number of aromatic nitrogens is 3. The number of hydrogen-bond donors (Lipinski definition) is 1. The van der Waals surface area contributed by atoms with Crippen molar-refractivity contribution < 1.29 is 4.39 Å². The van der Waals surface area contributed by atoms with E-state index < -0.39 is 0 Å². The summed E-state index contributed by atoms with van der Waals surface area (Å²) < 4.78 is 13.9. The van der Waals surface area contributed by atoms with Crippen molar-refractivity contribution in [2.24, 2.45) is 5.92 Å². The van der Waals surface area contributed by atoms with Crippen LogP contribution in [-0.4, -0.2) is 21.0 Å². The van der Waals surface area contributed by atoms with Gasteiger partial charge in [-0.2, -0.15) is 0 Å². The van der Waals surface area contributed by atoms with Crippen molar-refractivity contribution in [2.45, 2.75) is 51.0 Å². The molecule has 0 spiro atoms. The smallest absolute Gasteiger partial charge is 0.224 e. The van der Waals surface area contributed by atoms with Crippen molar-refractivity contribution in [1.82, 2.24) is 15.0 Å². The Morgan fingerprint density at radius 2 is 1.79 bits per heavy atom. The monoisotopic (exact) mass is 482 g/mol. The molecule has 1 aliphatic carbocycles. The van der Waals surface area contributed by atoms with E-state index in [1.807, 2.05) is 18.3 Å². The molecule has 1 N–H and O–H groups in total. The summed E-state index contributed by atoms with van der Waals surface area (Å²) >= 11 is 12.3. The molecule has 2 aromatic carbocycles. The van der Waals surface area contributed by atoms with Gasteiger partial charge in [0.2, 0.25) is 5.28 Å². The van der Waals surface area contributed by atoms with Crippen LogP contribution in [0.2, 0.25) is 10.3 Å². The first-order chi connectivity index (χ1) is 16.0. The summed E-state index contributed by atoms with van der Waals surface area (Å²) in [6.45, 7) is 2.18. The summed E-state index contributed by atoms with van der Waals surface area (Å²) in [5.41, 5.74) is 2.83. The number of fused-ring (bicyclic) bond motifs is 2. The molecule has 1 saturated carbocycles. The Morgan fingerprint density at radius 3 is 2.61 bits per heavy atom. The maximum absolute atomic E-state index is 13.9. The second-order valence-electron chi connectivity index (χ2n) is 9.06. The van der Waals surface area contributed by atoms with Gasteiger partial charge in [0.15, 0.2) is 0 Å². The zero-order valence-electron chi connectivity index (χ0n) is 18.4. The first-order valence-electron chi connectivity index (χ1n) is 11.4. The van der Waals surface area contributed by atoms with Crippen molar-refractivity contribution >= 4 is 50.8 Å². The van der Waals surface area contributed by atoms with Crippen molar-refractivity contribution in [3.05, 3.63) is 70.3 Å². The fraction of sp³-hybridized carbons (Fsp3) is 0.346. The van der Waals surface area contributed by atoms with E-state index in [9.17, 15) is 4.39 Å². The van der Waals surface area contributed by atoms with Crippen molar-refractivity contribution in [3.63, 3.8) is 0 Å². The molecule has 4 nitrogen and oxygen atoms in total. The number of nitrogens with one attached hydrogen (secondary N) is 1. The highest BCUT2D eigenvalue weighted by Crippen LogP contribution is 2.40. The predicted octanol–water partition coefficient (Wildman–Crippen LogP) is 7.79. The van der Waals surface area contributed by atoms with Gasteiger partial charge in [0.05, 0.1) is 11.0 Å². The average molecular weight is 483 g/mol. The van der Waals surface area contributed by atoms with E-state index in [1.165, 1.54) is 11.6 Å². The number of pyridine rings is 1. The highest BCUT2D eigenvalue weighted by molar-refractivity contribution is 6.31. The molecule has 33 heavy (non-hydrogen) atoms. The third-order valence-electron chi connectivity index (χ3n) is 6.73. The zero-order chi connectivity index (χ0) is 22.9. The lowest BCUT2D eigenvalue weighted by Gasteiger charge is -2.31. The quantitative estimate of drug-likeness (QED) is 0.295. The third-order valence-corrected chi connectivity index (χ3v) is 7.13. The van der Waals surface area contributed by atoms with Gasteiger partial charge >= 0.3 is 0 Å². The molecule has 4 aromatic rings. The molecule has 0 aliphatic heterocycles. The molecule has 0 saturated heterocycles. The predicted molar refractivity (Wildman–Crippen MR) is 134 cm³/mol. The second-order valence-corrected chi connectivity index (χ2v) is 9.84. The van der Waals surface area contributed by atoms with Crippen LogP contribution >= 0.6 is 23.2 Å². The van der Waals surface area contributed by atoms with Crippen LogP contribution in [0.15, 0.2) is 48.7 Å². The molecule has 2 heterocycles. The molecule has 0 radical (unpaired) electrons. The topological polar surface area (TPSA) is 50.7 Å². The van der Waals surface area contributed by atoms with Crippen LogP contribution in [0.25, 0.3) is 21.8 Å². The van der Waals surface area contributed by atoms with E-state index in [0.29, 0.717) is 16.9 Å². The van der Waals surface area contributed by atoms with Crippen molar-refractivity contribution in [1.29, 1.82) is 0 Å². The number of anilines is 1. The Hall–Kier alpha value is -2.50. The Balaban J connectivity index is 1.24. The van der Waals surface area contributed by atoms with Gasteiger partial charge in [-0.15, -0.1) is 0 Å². The van der Waals surface area contributed by atoms with Crippen LogP contribution in [-0.2, 0) is 0 Å². The summed E-state index contributed by atoms with van der Waals surface area (Å²) in [6.07, 6.45) is 7.40. The van der Waals surface area contributed by atoms with Crippen molar-refractivity contribution in [3.8, 4) is 0 Å². The molecule has 0 amide bonds. The minimum absolute atomic E-state index is 0.204. The molecular weight excluding hydrogens is 458 g/mol. The second kappa shape index (κ2) is 9.40. The minimum Gasteiger partial charge on any atom is -0.367 e. The van der Waals surface area contributed by atoms with Gasteiger partial charge in [-0.25, -0.2) is 14.4 Å². The lowest BCUT2D eigenvalue weighted by atomic mass is 9.76. The Bertz CT molecular complexity index is 1300. The number of benzene rings is 2. The first-order valence-corrected chi connectivity index (χ1v) is 12.2. The maximum Gasteiger partial charge on any atom is 0.224 e. The largest absolute Gasteiger partial charge is 0.367 e. The standard InChI is InChI=1S/C26H25Cl2FN4/c1-15(31-25-21-8-6-18(27)13-24(21)32-26(28)33-25)12-16-2-4-17(5-3-16)20-10-11-30-23-9-7-19(29)14-22(20)23/h6-11,13-17H,2-5,12H2,1H3,(H,31,32,33)/t15-,16?,17?/m1/s1. The Kier molecular flexibility index (Phi) is 6.35. The molecule has 1 aliphatic rings. The van der Waals surface area contributed by atoms with Gasteiger partial charge in [0, 0.05) is 28.0 Å². The van der Waals surface area contributed by atoms with Crippen LogP contribution in [0.1, 0.15) is 50.5 Å². The van der Waals surface area contributed by atoms with Gasteiger partial charge in [-0.05, 0) is 110 Å². The molecule has 7 heteroatoms. The van der Waals surface area contributed by atoms with Gasteiger partial charge in [0.25, 0.3) is 0 Å². The van der Waals surface area contributed by atoms with Crippen molar-refractivity contribution in [2.75, 3.05) is 5.32 Å². The molecule has 5 rings (SSSR count). The summed E-state index contributed by atoms with van der Waals surface area (Å²) in [5.74, 6) is 1.62. The SMILES string of the molecule is C[C@H](CC1CCC(c2ccnc3ccc(F)cc23)CC1)Nc1nc(Cl)nc2cc(Cl)ccc12. The number of nitrogens with zero attached hydrogens (tertiary/aromatic N) is 3. The molecule has 1 atom stereocenters. The third kappa shape index (κ3) is 4.90. The average Bonchev–Trinajstić information content (AvgIpc) is 2.78. The summed E-state index contributed by atoms with van der Waals surface area (Å²) in [7, 11) is 0. The van der Waals surface area contributed by atoms with Crippen LogP contribution in [0.4, 0.5) is 10.2 Å². The molecule has 170 valence electrons. The van der Waals surface area contributed by atoms with E-state index in [1.54, 1.807) is 18.2 Å². The van der Waals surface area contributed by atoms with Crippen LogP contribution in [0.3, 0.4) is 0 Å². The summed E-state index contributed by atoms with van der Waals surface area (Å²) in [4.78, 5) is 13.1. The normalized spacial score (nSPS) is 19.6. The van der Waals surface area contributed by atoms with Crippen LogP contribution in [0.5, 0.6) is 0 Å². The van der Waals surface area contributed by atoms with Gasteiger partial charge in [0.1, 0.15) is 11.6 Å². The molecule has 0 bridgehead atoms. The van der Waals surface area contributed by atoms with E-state index in [4.69, 9.17) is 23.2 Å². The maximum atomic E-state index is 13.9. The van der Waals surface area contributed by atoms with Gasteiger partial charge in [-0.1, -0.05) is 11.6 Å². The lowest BCUT2D eigenvalue weighted by Crippen LogP contribution is -2.23. The van der Waals surface area contributed by atoms with Gasteiger partial charge < -0.3 is 5.32 Å². The molecule has 1 fully saturated rings. The number of halogens is 3. The number of hydrogen-bond acceptors (Lipinski definition) is 4. The molecular formula is C26H25Cl2FN4. The van der Waals surface area contributed by atoms with Crippen LogP contribution < -0.4 is 5.32 Å². The molecule has 2 aromatic heterocycles. The number of rotatable bonds is 5. The van der Waals surface area contributed by atoms with E-state index in [2.05, 4.69) is 33.3 Å². The Morgan fingerprint density at radius 1 is 0.970 bits per heavy atom. The fourth-order valence-electron chi connectivity index (χ4n) is 5.18. The van der Waals surface area contributed by atoms with E-state index in [-0.39, 0.29) is 17.1 Å². The lowest BCUT2D eigenvalue weighted by molar-refractivity contribution is 0.302. The summed E-state index contributed by atoms with van der Waals surface area (Å²) in [6, 6.07) is 12.7. The van der Waals surface area contributed by atoms with E-state index >= 15 is 0 Å². The summed E-state index contributed by atoms with van der Waals surface area (Å²) in [5, 5.41) is 6.23. The fourth-order valence-corrected chi connectivity index (χ4v) is 5.52. The van der Waals surface area contributed by atoms with Crippen LogP contribution in [0, 0.1) is 11.7 Å². The minimum atomic E-state index is -0.204. The van der Waals surface area contributed by atoms with Gasteiger partial charge in [-0.3, -0.25) is 4.98 Å². The highest BCUT2D eigenvalue weighted by Gasteiger charge is 2.25. The zero-order valence-corrected chi connectivity index (χ0v) is 19.9.